The van der Waals surface area contributed by atoms with Gasteiger partial charge in [-0.2, -0.15) is 13.2 Å². The Balaban J connectivity index is 2.02. The van der Waals surface area contributed by atoms with E-state index in [4.69, 9.17) is 15.9 Å². The molecule has 6 nitrogen and oxygen atoms in total. The van der Waals surface area contributed by atoms with Crippen LogP contribution in [0, 0.1) is 18.2 Å². The first kappa shape index (κ1) is 22.5. The van der Waals surface area contributed by atoms with Gasteiger partial charge in [0.15, 0.2) is 11.5 Å². The van der Waals surface area contributed by atoms with E-state index in [9.17, 15) is 27.2 Å². The number of benzene rings is 2. The molecule has 0 fully saturated rings. The number of ether oxygens (including phenoxy) is 2. The molecule has 0 heterocycles. The summed E-state index contributed by atoms with van der Waals surface area (Å²) in [5, 5.41) is 4.30. The lowest BCUT2D eigenvalue weighted by Gasteiger charge is -2.12. The zero-order valence-electron chi connectivity index (χ0n) is 15.6. The molecule has 158 valence electrons. The average Bonchev–Trinajstić information content (AvgIpc) is 2.70. The molecular formula is C20H16F4N2O4. The van der Waals surface area contributed by atoms with Crippen molar-refractivity contribution in [2.75, 3.05) is 19.0 Å². The summed E-state index contributed by atoms with van der Waals surface area (Å²) < 4.78 is 61.9. The molecule has 0 aromatic heterocycles. The van der Waals surface area contributed by atoms with Crippen LogP contribution in [-0.4, -0.2) is 25.5 Å². The summed E-state index contributed by atoms with van der Waals surface area (Å²) in [6.07, 6.45) is 0.198. The second-order valence-electron chi connectivity index (χ2n) is 5.81. The van der Waals surface area contributed by atoms with E-state index >= 15 is 0 Å². The van der Waals surface area contributed by atoms with Crippen molar-refractivity contribution in [2.24, 2.45) is 0 Å². The number of nitrogens with one attached hydrogen (secondary N) is 2. The van der Waals surface area contributed by atoms with Gasteiger partial charge in [-0.25, -0.2) is 4.39 Å². The van der Waals surface area contributed by atoms with Gasteiger partial charge in [0, 0.05) is 12.2 Å². The third kappa shape index (κ3) is 5.88. The topological polar surface area (TPSA) is 76.7 Å². The maximum atomic E-state index is 13.3. The van der Waals surface area contributed by atoms with E-state index in [-0.39, 0.29) is 18.8 Å². The Morgan fingerprint density at radius 3 is 2.47 bits per heavy atom. The highest BCUT2D eigenvalue weighted by Crippen LogP contribution is 2.33. The van der Waals surface area contributed by atoms with Crippen LogP contribution in [0.1, 0.15) is 11.1 Å². The van der Waals surface area contributed by atoms with Gasteiger partial charge in [0.05, 0.1) is 12.7 Å². The van der Waals surface area contributed by atoms with E-state index in [2.05, 4.69) is 11.2 Å². The highest BCUT2D eigenvalue weighted by atomic mass is 19.4. The molecule has 2 amide bonds. The third-order valence-electron chi connectivity index (χ3n) is 3.73. The number of anilines is 1. The summed E-state index contributed by atoms with van der Waals surface area (Å²) in [6, 6.07) is 6.59. The molecule has 0 saturated carbocycles. The first-order valence-corrected chi connectivity index (χ1v) is 8.34. The molecule has 0 unspecified atom stereocenters. The first-order valence-electron chi connectivity index (χ1n) is 8.34. The lowest BCUT2D eigenvalue weighted by molar-refractivity contribution is -0.140. The van der Waals surface area contributed by atoms with Crippen molar-refractivity contribution in [2.45, 2.75) is 12.7 Å². The van der Waals surface area contributed by atoms with Crippen molar-refractivity contribution in [1.82, 2.24) is 5.32 Å². The fourth-order valence-corrected chi connectivity index (χ4v) is 2.33. The van der Waals surface area contributed by atoms with Gasteiger partial charge in [-0.05, 0) is 35.9 Å². The maximum absolute atomic E-state index is 13.3. The maximum Gasteiger partial charge on any atom is 0.419 e. The van der Waals surface area contributed by atoms with Crippen molar-refractivity contribution in [1.29, 1.82) is 0 Å². The Bertz CT molecular complexity index is 984. The van der Waals surface area contributed by atoms with Gasteiger partial charge >= 0.3 is 18.0 Å². The monoisotopic (exact) mass is 424 g/mol. The smallest absolute Gasteiger partial charge is 0.419 e. The molecule has 0 radical (unpaired) electrons. The van der Waals surface area contributed by atoms with E-state index in [1.165, 1.54) is 7.11 Å². The Labute approximate surface area is 169 Å². The summed E-state index contributed by atoms with van der Waals surface area (Å²) in [5.41, 5.74) is -1.39. The number of amides is 2. The molecule has 0 bridgehead atoms. The number of halogens is 4. The fraction of sp³-hybridized carbons (Fsp3) is 0.200. The number of terminal acetylenes is 1. The van der Waals surface area contributed by atoms with Crippen molar-refractivity contribution in [3.63, 3.8) is 0 Å². The normalized spacial score (nSPS) is 10.7. The zero-order chi connectivity index (χ0) is 22.3. The largest absolute Gasteiger partial charge is 0.493 e. The van der Waals surface area contributed by atoms with Crippen LogP contribution in [-0.2, 0) is 22.3 Å². The summed E-state index contributed by atoms with van der Waals surface area (Å²) in [6.45, 7) is -0.0912. The fourth-order valence-electron chi connectivity index (χ4n) is 2.33. The number of carbonyl (C=O) groups excluding carboxylic acids is 2. The van der Waals surface area contributed by atoms with Crippen LogP contribution in [0.3, 0.4) is 0 Å². The number of hydrogen-bond acceptors (Lipinski definition) is 4. The van der Waals surface area contributed by atoms with E-state index in [0.29, 0.717) is 29.2 Å². The van der Waals surface area contributed by atoms with Crippen LogP contribution in [0.4, 0.5) is 23.2 Å². The van der Waals surface area contributed by atoms with Crippen LogP contribution in [0.2, 0.25) is 0 Å². The molecule has 0 aliphatic carbocycles. The van der Waals surface area contributed by atoms with Crippen LogP contribution in [0.5, 0.6) is 11.5 Å². The summed E-state index contributed by atoms with van der Waals surface area (Å²) in [7, 11) is 1.43. The SMILES string of the molecule is C#CCOc1cc(CNC(=O)C(=O)Nc2ccc(F)c(C(F)(F)F)c2)ccc1OC. The number of rotatable bonds is 6. The summed E-state index contributed by atoms with van der Waals surface area (Å²) >= 11 is 0. The molecule has 2 aromatic carbocycles. The molecule has 30 heavy (non-hydrogen) atoms. The molecule has 0 aliphatic rings. The van der Waals surface area contributed by atoms with Gasteiger partial charge in [-0.3, -0.25) is 9.59 Å². The van der Waals surface area contributed by atoms with Gasteiger partial charge in [0.2, 0.25) is 0 Å². The van der Waals surface area contributed by atoms with Gasteiger partial charge < -0.3 is 20.1 Å². The van der Waals surface area contributed by atoms with E-state index in [1.807, 2.05) is 5.32 Å². The van der Waals surface area contributed by atoms with Gasteiger partial charge in [-0.15, -0.1) is 6.42 Å². The van der Waals surface area contributed by atoms with Gasteiger partial charge in [0.1, 0.15) is 12.4 Å². The van der Waals surface area contributed by atoms with E-state index in [1.54, 1.807) is 18.2 Å². The minimum Gasteiger partial charge on any atom is -0.493 e. The van der Waals surface area contributed by atoms with Gasteiger partial charge in [0.25, 0.3) is 0 Å². The predicted octanol–water partition coefficient (Wildman–Crippen LogP) is 3.12. The van der Waals surface area contributed by atoms with E-state index in [0.717, 1.165) is 6.07 Å². The lowest BCUT2D eigenvalue weighted by atomic mass is 10.1. The van der Waals surface area contributed by atoms with Crippen molar-refractivity contribution < 1.29 is 36.6 Å². The number of alkyl halides is 3. The number of methoxy groups -OCH3 is 1. The zero-order valence-corrected chi connectivity index (χ0v) is 15.6. The van der Waals surface area contributed by atoms with Gasteiger partial charge in [-0.1, -0.05) is 12.0 Å². The van der Waals surface area contributed by atoms with Crippen molar-refractivity contribution in [3.8, 4) is 23.8 Å². The third-order valence-corrected chi connectivity index (χ3v) is 3.73. The molecular weight excluding hydrogens is 408 g/mol. The summed E-state index contributed by atoms with van der Waals surface area (Å²) in [4.78, 5) is 23.9. The molecule has 0 saturated heterocycles. The van der Waals surface area contributed by atoms with Crippen LogP contribution in [0.15, 0.2) is 36.4 Å². The summed E-state index contributed by atoms with van der Waals surface area (Å²) in [5.74, 6) is -0.770. The van der Waals surface area contributed by atoms with E-state index < -0.39 is 29.4 Å². The molecule has 10 heteroatoms. The Morgan fingerprint density at radius 2 is 1.83 bits per heavy atom. The molecule has 2 N–H and O–H groups in total. The minimum absolute atomic E-state index is 0.00778. The van der Waals surface area contributed by atoms with Crippen molar-refractivity contribution in [3.05, 3.63) is 53.3 Å². The predicted molar refractivity (Wildman–Crippen MR) is 99.2 cm³/mol. The van der Waals surface area contributed by atoms with Crippen LogP contribution >= 0.6 is 0 Å². The quantitative estimate of drug-likeness (QED) is 0.425. The first-order chi connectivity index (χ1) is 14.2. The standard InChI is InChI=1S/C20H16F4N2O4/c1-3-8-30-17-9-12(4-7-16(17)29-2)11-25-18(27)19(28)26-13-5-6-15(21)14(10-13)20(22,23)24/h1,4-7,9-10H,8,11H2,2H3,(H,25,27)(H,26,28). The molecule has 0 atom stereocenters. The minimum atomic E-state index is -4.94. The molecule has 0 aliphatic heterocycles. The Kier molecular flexibility index (Phi) is 7.25. The Hall–Kier alpha value is -3.74. The van der Waals surface area contributed by atoms with Crippen LogP contribution in [0.25, 0.3) is 0 Å². The second kappa shape index (κ2) is 9.65. The Morgan fingerprint density at radius 1 is 1.10 bits per heavy atom. The number of hydrogen-bond donors (Lipinski definition) is 2. The molecule has 2 rings (SSSR count). The lowest BCUT2D eigenvalue weighted by Crippen LogP contribution is -2.35. The molecule has 2 aromatic rings. The van der Waals surface area contributed by atoms with Crippen LogP contribution < -0.4 is 20.1 Å². The number of carbonyl (C=O) groups is 2. The average molecular weight is 424 g/mol. The molecule has 0 spiro atoms. The highest BCUT2D eigenvalue weighted by Gasteiger charge is 2.34. The van der Waals surface area contributed by atoms with Crippen molar-refractivity contribution >= 4 is 17.5 Å². The second-order valence-corrected chi connectivity index (χ2v) is 5.81. The highest BCUT2D eigenvalue weighted by molar-refractivity contribution is 6.39.